The van der Waals surface area contributed by atoms with E-state index in [0.717, 1.165) is 19.3 Å². The molecule has 0 spiro atoms. The molecule has 2 nitrogen and oxygen atoms in total. The molecule has 1 aromatic rings. The molecule has 0 amide bonds. The van der Waals surface area contributed by atoms with Crippen molar-refractivity contribution in [1.82, 2.24) is 5.32 Å². The number of nitrogens with one attached hydrogen (secondary N) is 1. The van der Waals surface area contributed by atoms with Crippen LogP contribution in [0.15, 0.2) is 23.1 Å². The molecule has 1 aliphatic rings. The van der Waals surface area contributed by atoms with Gasteiger partial charge in [0.25, 0.3) is 0 Å². The van der Waals surface area contributed by atoms with Gasteiger partial charge in [0.05, 0.1) is 21.1 Å². The molecule has 0 saturated heterocycles. The third kappa shape index (κ3) is 3.36. The van der Waals surface area contributed by atoms with Crippen LogP contribution in [0, 0.1) is 11.7 Å². The molecule has 0 heterocycles. The Balaban J connectivity index is 2.23. The van der Waals surface area contributed by atoms with Gasteiger partial charge in [-0.15, -0.1) is 0 Å². The van der Waals surface area contributed by atoms with Gasteiger partial charge in [-0.05, 0) is 50.4 Å². The highest BCUT2D eigenvalue weighted by Gasteiger charge is 2.32. The highest BCUT2D eigenvalue weighted by molar-refractivity contribution is 7.85. The topological polar surface area (TPSA) is 29.1 Å². The summed E-state index contributed by atoms with van der Waals surface area (Å²) in [6.45, 7) is 2.19. The largest absolute Gasteiger partial charge is 0.316 e. The molecule has 0 bridgehead atoms. The van der Waals surface area contributed by atoms with Gasteiger partial charge < -0.3 is 5.32 Å². The average Bonchev–Trinajstić information content (AvgIpc) is 2.41. The van der Waals surface area contributed by atoms with Crippen LogP contribution in [0.4, 0.5) is 4.39 Å². The lowest BCUT2D eigenvalue weighted by molar-refractivity contribution is 0.325. The molecule has 1 aromatic carbocycles. The van der Waals surface area contributed by atoms with Crippen LogP contribution < -0.4 is 5.32 Å². The Morgan fingerprint density at radius 2 is 2.16 bits per heavy atom. The van der Waals surface area contributed by atoms with E-state index in [-0.39, 0.29) is 16.3 Å². The van der Waals surface area contributed by atoms with Crippen LogP contribution in [0.25, 0.3) is 0 Å². The number of halogens is 2. The van der Waals surface area contributed by atoms with Crippen molar-refractivity contribution in [3.05, 3.63) is 29.0 Å². The second kappa shape index (κ2) is 6.33. The van der Waals surface area contributed by atoms with Gasteiger partial charge in [-0.2, -0.15) is 0 Å². The standard InChI is InChI=1S/C14H19ClFNOS/c1-9-3-6-13(17-2)14(7-9)19(18)10-4-5-12(16)11(15)8-10/h4-5,8-9,13-14,17H,3,6-7H2,1-2H3. The first-order chi connectivity index (χ1) is 9.02. The fourth-order valence-corrected chi connectivity index (χ4v) is 4.78. The maximum Gasteiger partial charge on any atom is 0.141 e. The lowest BCUT2D eigenvalue weighted by Crippen LogP contribution is -2.44. The molecule has 1 fully saturated rings. The van der Waals surface area contributed by atoms with Crippen LogP contribution >= 0.6 is 11.6 Å². The SMILES string of the molecule is CNC1CCC(C)CC1S(=O)c1ccc(F)c(Cl)c1. The summed E-state index contributed by atoms with van der Waals surface area (Å²) < 4.78 is 25.8. The molecular weight excluding hydrogens is 285 g/mol. The third-order valence-corrected chi connectivity index (χ3v) is 5.90. The summed E-state index contributed by atoms with van der Waals surface area (Å²) in [6, 6.07) is 4.60. The van der Waals surface area contributed by atoms with Crippen molar-refractivity contribution in [2.24, 2.45) is 5.92 Å². The van der Waals surface area contributed by atoms with Crippen molar-refractivity contribution in [1.29, 1.82) is 0 Å². The third-order valence-electron chi connectivity index (χ3n) is 3.82. The first-order valence-electron chi connectivity index (χ1n) is 6.55. The van der Waals surface area contributed by atoms with Crippen LogP contribution in [-0.4, -0.2) is 22.5 Å². The van der Waals surface area contributed by atoms with E-state index in [1.807, 2.05) is 7.05 Å². The van der Waals surface area contributed by atoms with Gasteiger partial charge in [-0.1, -0.05) is 18.5 Å². The van der Waals surface area contributed by atoms with Crippen LogP contribution in [-0.2, 0) is 10.8 Å². The van der Waals surface area contributed by atoms with Crippen molar-refractivity contribution < 1.29 is 8.60 Å². The Kier molecular flexibility index (Phi) is 4.98. The van der Waals surface area contributed by atoms with Crippen LogP contribution in [0.2, 0.25) is 5.02 Å². The van der Waals surface area contributed by atoms with E-state index in [4.69, 9.17) is 11.6 Å². The second-order valence-electron chi connectivity index (χ2n) is 5.23. The summed E-state index contributed by atoms with van der Waals surface area (Å²) in [6.07, 6.45) is 3.11. The Morgan fingerprint density at radius 3 is 2.79 bits per heavy atom. The number of benzene rings is 1. The zero-order valence-electron chi connectivity index (χ0n) is 11.2. The van der Waals surface area contributed by atoms with Crippen molar-refractivity contribution >= 4 is 22.4 Å². The predicted molar refractivity (Wildman–Crippen MR) is 77.5 cm³/mol. The molecule has 0 radical (unpaired) electrons. The predicted octanol–water partition coefficient (Wildman–Crippen LogP) is 3.36. The zero-order chi connectivity index (χ0) is 14.0. The molecule has 2 rings (SSSR count). The van der Waals surface area contributed by atoms with E-state index in [2.05, 4.69) is 12.2 Å². The quantitative estimate of drug-likeness (QED) is 0.927. The first-order valence-corrected chi connectivity index (χ1v) is 8.15. The Morgan fingerprint density at radius 1 is 1.42 bits per heavy atom. The van der Waals surface area contributed by atoms with Crippen molar-refractivity contribution in [3.8, 4) is 0 Å². The number of hydrogen-bond donors (Lipinski definition) is 1. The summed E-state index contributed by atoms with van der Waals surface area (Å²) in [4.78, 5) is 0.616. The highest BCUT2D eigenvalue weighted by Crippen LogP contribution is 2.31. The number of hydrogen-bond acceptors (Lipinski definition) is 2. The van der Waals surface area contributed by atoms with Gasteiger partial charge in [0, 0.05) is 10.9 Å². The molecule has 0 aliphatic heterocycles. The maximum atomic E-state index is 13.2. The van der Waals surface area contributed by atoms with Crippen LogP contribution in [0.5, 0.6) is 0 Å². The molecule has 4 atom stereocenters. The summed E-state index contributed by atoms with van der Waals surface area (Å²) in [5.74, 6) is 0.110. The van der Waals surface area contributed by atoms with Crippen molar-refractivity contribution in [2.75, 3.05) is 7.05 Å². The Bertz CT molecular complexity index is 483. The molecule has 1 saturated carbocycles. The van der Waals surface area contributed by atoms with Gasteiger partial charge in [-0.3, -0.25) is 4.21 Å². The minimum atomic E-state index is -1.15. The van der Waals surface area contributed by atoms with Gasteiger partial charge in [-0.25, -0.2) is 4.39 Å². The first kappa shape index (κ1) is 14.9. The zero-order valence-corrected chi connectivity index (χ0v) is 12.7. The van der Waals surface area contributed by atoms with Crippen molar-refractivity contribution in [2.45, 2.75) is 42.4 Å². The monoisotopic (exact) mass is 303 g/mol. The summed E-state index contributed by atoms with van der Waals surface area (Å²) in [5.41, 5.74) is 0. The fourth-order valence-electron chi connectivity index (χ4n) is 2.67. The molecule has 0 aromatic heterocycles. The Hall–Kier alpha value is -0.450. The maximum absolute atomic E-state index is 13.2. The summed E-state index contributed by atoms with van der Waals surface area (Å²) in [7, 11) is 0.753. The molecule has 19 heavy (non-hydrogen) atoms. The number of rotatable bonds is 3. The summed E-state index contributed by atoms with van der Waals surface area (Å²) >= 11 is 5.77. The molecule has 106 valence electrons. The fraction of sp³-hybridized carbons (Fsp3) is 0.571. The van der Waals surface area contributed by atoms with Gasteiger partial charge >= 0.3 is 0 Å². The highest BCUT2D eigenvalue weighted by atomic mass is 35.5. The van der Waals surface area contributed by atoms with Crippen molar-refractivity contribution in [3.63, 3.8) is 0 Å². The van der Waals surface area contributed by atoms with Gasteiger partial charge in [0.2, 0.25) is 0 Å². The van der Waals surface area contributed by atoms with Gasteiger partial charge in [0.1, 0.15) is 5.82 Å². The van der Waals surface area contributed by atoms with E-state index in [0.29, 0.717) is 10.8 Å². The van der Waals surface area contributed by atoms with E-state index in [1.165, 1.54) is 12.1 Å². The minimum absolute atomic E-state index is 0.0377. The molecule has 5 heteroatoms. The molecular formula is C14H19ClFNOS. The lowest BCUT2D eigenvalue weighted by atomic mass is 9.87. The minimum Gasteiger partial charge on any atom is -0.316 e. The molecule has 1 N–H and O–H groups in total. The summed E-state index contributed by atoms with van der Waals surface area (Å²) in [5, 5.41) is 3.35. The lowest BCUT2D eigenvalue weighted by Gasteiger charge is -2.34. The molecule has 1 aliphatic carbocycles. The second-order valence-corrected chi connectivity index (χ2v) is 7.30. The molecule has 4 unspecified atom stereocenters. The average molecular weight is 304 g/mol. The van der Waals surface area contributed by atoms with Crippen LogP contribution in [0.3, 0.4) is 0 Å². The van der Waals surface area contributed by atoms with E-state index in [9.17, 15) is 8.60 Å². The van der Waals surface area contributed by atoms with E-state index in [1.54, 1.807) is 6.07 Å². The van der Waals surface area contributed by atoms with E-state index < -0.39 is 16.6 Å². The normalized spacial score (nSPS) is 29.2. The smallest absolute Gasteiger partial charge is 0.141 e. The Labute approximate surface area is 121 Å². The van der Waals surface area contributed by atoms with Crippen LogP contribution in [0.1, 0.15) is 26.2 Å². The van der Waals surface area contributed by atoms with Gasteiger partial charge in [0.15, 0.2) is 0 Å². The van der Waals surface area contributed by atoms with E-state index >= 15 is 0 Å².